The van der Waals surface area contributed by atoms with Gasteiger partial charge in [0.05, 0.1) is 29.3 Å². The van der Waals surface area contributed by atoms with E-state index in [0.29, 0.717) is 25.4 Å². The van der Waals surface area contributed by atoms with Crippen LogP contribution in [-0.2, 0) is 21.4 Å². The van der Waals surface area contributed by atoms with E-state index in [4.69, 9.17) is 4.42 Å². The fourth-order valence-corrected chi connectivity index (χ4v) is 4.72. The molecule has 3 rings (SSSR count). The predicted molar refractivity (Wildman–Crippen MR) is 102 cm³/mol. The number of nitrogens with one attached hydrogen (secondary N) is 1. The van der Waals surface area contributed by atoms with Gasteiger partial charge in [-0.05, 0) is 31.2 Å². The Hall–Kier alpha value is -2.67. The molecular formula is C19H22N4O4S. The lowest BCUT2D eigenvalue weighted by Crippen LogP contribution is -2.54. The van der Waals surface area contributed by atoms with E-state index in [1.807, 2.05) is 11.0 Å². The van der Waals surface area contributed by atoms with E-state index in [9.17, 15) is 18.5 Å². The van der Waals surface area contributed by atoms with Gasteiger partial charge in [-0.25, -0.2) is 8.42 Å². The zero-order valence-corrected chi connectivity index (χ0v) is 16.4. The molecule has 1 saturated heterocycles. The molecule has 1 N–H and O–H groups in total. The van der Waals surface area contributed by atoms with Crippen LogP contribution in [0.3, 0.4) is 0 Å². The normalized spacial score (nSPS) is 17.0. The molecule has 0 unspecified atom stereocenters. The Morgan fingerprint density at radius 3 is 2.57 bits per heavy atom. The van der Waals surface area contributed by atoms with Crippen molar-refractivity contribution in [1.82, 2.24) is 14.5 Å². The number of nitrogens with zero attached hydrogens (tertiary/aromatic N) is 3. The molecule has 0 spiro atoms. The molecule has 1 aliphatic rings. The second kappa shape index (κ2) is 8.56. The van der Waals surface area contributed by atoms with Crippen molar-refractivity contribution >= 4 is 15.9 Å². The molecule has 1 aliphatic heterocycles. The number of rotatable bonds is 6. The van der Waals surface area contributed by atoms with Gasteiger partial charge >= 0.3 is 0 Å². The number of hydrogen-bond donors (Lipinski definition) is 1. The molecule has 0 radical (unpaired) electrons. The number of nitriles is 1. The highest BCUT2D eigenvalue weighted by Crippen LogP contribution is 2.21. The van der Waals surface area contributed by atoms with Crippen LogP contribution in [0.5, 0.6) is 0 Å². The number of hydrogen-bond acceptors (Lipinski definition) is 6. The first-order chi connectivity index (χ1) is 13.4. The van der Waals surface area contributed by atoms with Crippen LogP contribution in [0.1, 0.15) is 18.2 Å². The largest absolute Gasteiger partial charge is 0.467 e. The van der Waals surface area contributed by atoms with Crippen molar-refractivity contribution in [2.45, 2.75) is 24.4 Å². The average molecular weight is 402 g/mol. The van der Waals surface area contributed by atoms with Crippen LogP contribution in [-0.4, -0.2) is 55.8 Å². The Morgan fingerprint density at radius 2 is 1.93 bits per heavy atom. The van der Waals surface area contributed by atoms with Crippen molar-refractivity contribution in [1.29, 1.82) is 5.26 Å². The van der Waals surface area contributed by atoms with Crippen LogP contribution in [0.15, 0.2) is 52.0 Å². The maximum atomic E-state index is 12.9. The molecule has 1 fully saturated rings. The first-order valence-corrected chi connectivity index (χ1v) is 10.4. The summed E-state index contributed by atoms with van der Waals surface area (Å²) in [6.07, 6.45) is 1.55. The Labute approximate surface area is 164 Å². The molecular weight excluding hydrogens is 380 g/mol. The maximum Gasteiger partial charge on any atom is 0.244 e. The summed E-state index contributed by atoms with van der Waals surface area (Å²) < 4.78 is 32.3. The van der Waals surface area contributed by atoms with E-state index in [0.717, 1.165) is 0 Å². The van der Waals surface area contributed by atoms with Crippen LogP contribution in [0.25, 0.3) is 0 Å². The van der Waals surface area contributed by atoms with E-state index < -0.39 is 10.0 Å². The van der Waals surface area contributed by atoms with Crippen LogP contribution in [0.2, 0.25) is 0 Å². The summed E-state index contributed by atoms with van der Waals surface area (Å²) >= 11 is 0. The van der Waals surface area contributed by atoms with Gasteiger partial charge < -0.3 is 9.73 Å². The highest BCUT2D eigenvalue weighted by molar-refractivity contribution is 7.89. The van der Waals surface area contributed by atoms with Crippen molar-refractivity contribution < 1.29 is 17.6 Å². The maximum absolute atomic E-state index is 12.9. The summed E-state index contributed by atoms with van der Waals surface area (Å²) in [4.78, 5) is 14.3. The molecule has 148 valence electrons. The van der Waals surface area contributed by atoms with Crippen molar-refractivity contribution in [3.63, 3.8) is 0 Å². The molecule has 2 heterocycles. The van der Waals surface area contributed by atoms with Crippen molar-refractivity contribution in [3.8, 4) is 6.07 Å². The minimum absolute atomic E-state index is 0.0233. The van der Waals surface area contributed by atoms with Crippen molar-refractivity contribution in [2.75, 3.05) is 26.2 Å². The summed E-state index contributed by atoms with van der Waals surface area (Å²) in [5.41, 5.74) is 0.135. The Kier molecular flexibility index (Phi) is 6.14. The number of benzene rings is 1. The standard InChI is InChI=1S/C19H22N4O4S/c1-15(19(24)21-14-17-6-4-12-27-17)22-8-10-23(11-9-22)28(25,26)18-7-3-2-5-16(18)13-20/h2-7,12,15H,8-11,14H2,1H3,(H,21,24)/t15-/m0/s1. The van der Waals surface area contributed by atoms with Gasteiger partial charge in [0.1, 0.15) is 11.8 Å². The highest BCUT2D eigenvalue weighted by atomic mass is 32.2. The van der Waals surface area contributed by atoms with Crippen LogP contribution in [0, 0.1) is 11.3 Å². The van der Waals surface area contributed by atoms with Gasteiger partial charge in [0.15, 0.2) is 0 Å². The summed E-state index contributed by atoms with van der Waals surface area (Å²) in [5, 5.41) is 12.0. The van der Waals surface area contributed by atoms with Gasteiger partial charge in [-0.1, -0.05) is 12.1 Å². The van der Waals surface area contributed by atoms with E-state index in [2.05, 4.69) is 5.32 Å². The number of carbonyl (C=O) groups excluding carboxylic acids is 1. The number of piperazine rings is 1. The van der Waals surface area contributed by atoms with E-state index >= 15 is 0 Å². The summed E-state index contributed by atoms with van der Waals surface area (Å²) in [5.74, 6) is 0.537. The first kappa shape index (κ1) is 20.1. The lowest BCUT2D eigenvalue weighted by molar-refractivity contribution is -0.126. The lowest BCUT2D eigenvalue weighted by atomic mass is 10.2. The van der Waals surface area contributed by atoms with Crippen LogP contribution >= 0.6 is 0 Å². The average Bonchev–Trinajstić information content (AvgIpc) is 3.25. The third-order valence-electron chi connectivity index (χ3n) is 4.84. The molecule has 1 aromatic carbocycles. The van der Waals surface area contributed by atoms with Gasteiger partial charge in [0, 0.05) is 26.2 Å². The summed E-state index contributed by atoms with van der Waals surface area (Å²) in [7, 11) is -3.74. The molecule has 0 bridgehead atoms. The van der Waals surface area contributed by atoms with Gasteiger partial charge in [-0.15, -0.1) is 0 Å². The van der Waals surface area contributed by atoms with Gasteiger partial charge in [-0.2, -0.15) is 9.57 Å². The summed E-state index contributed by atoms with van der Waals surface area (Å²) in [6, 6.07) is 11.3. The predicted octanol–water partition coefficient (Wildman–Crippen LogP) is 1.16. The molecule has 9 heteroatoms. The minimum Gasteiger partial charge on any atom is -0.467 e. The zero-order chi connectivity index (χ0) is 20.1. The Bertz CT molecular complexity index is 958. The minimum atomic E-state index is -3.74. The quantitative estimate of drug-likeness (QED) is 0.777. The van der Waals surface area contributed by atoms with Crippen molar-refractivity contribution in [2.24, 2.45) is 0 Å². The fraction of sp³-hybridized carbons (Fsp3) is 0.368. The Morgan fingerprint density at radius 1 is 1.21 bits per heavy atom. The van der Waals surface area contributed by atoms with Gasteiger partial charge in [0.25, 0.3) is 0 Å². The SMILES string of the molecule is C[C@@H](C(=O)NCc1ccco1)N1CCN(S(=O)(=O)c2ccccc2C#N)CC1. The van der Waals surface area contributed by atoms with E-state index in [-0.39, 0.29) is 35.5 Å². The molecule has 8 nitrogen and oxygen atoms in total. The third kappa shape index (κ3) is 4.25. The zero-order valence-electron chi connectivity index (χ0n) is 15.5. The van der Waals surface area contributed by atoms with E-state index in [1.165, 1.54) is 16.4 Å². The van der Waals surface area contributed by atoms with E-state index in [1.54, 1.807) is 37.5 Å². The third-order valence-corrected chi connectivity index (χ3v) is 6.80. The Balaban J connectivity index is 1.59. The smallest absolute Gasteiger partial charge is 0.244 e. The van der Waals surface area contributed by atoms with Crippen LogP contribution < -0.4 is 5.32 Å². The summed E-state index contributed by atoms with van der Waals surface area (Å²) in [6.45, 7) is 3.50. The molecule has 0 saturated carbocycles. The number of amides is 1. The number of furan rings is 1. The van der Waals surface area contributed by atoms with Crippen molar-refractivity contribution in [3.05, 3.63) is 54.0 Å². The molecule has 1 amide bonds. The topological polar surface area (TPSA) is 107 Å². The number of sulfonamides is 1. The molecule has 1 atom stereocenters. The number of carbonyl (C=O) groups is 1. The van der Waals surface area contributed by atoms with Crippen LogP contribution in [0.4, 0.5) is 0 Å². The molecule has 2 aromatic rings. The fourth-order valence-electron chi connectivity index (χ4n) is 3.16. The van der Waals surface area contributed by atoms with Gasteiger partial charge in [0.2, 0.25) is 15.9 Å². The second-order valence-corrected chi connectivity index (χ2v) is 8.43. The molecule has 28 heavy (non-hydrogen) atoms. The second-order valence-electron chi connectivity index (χ2n) is 6.52. The molecule has 0 aliphatic carbocycles. The highest BCUT2D eigenvalue weighted by Gasteiger charge is 2.32. The monoisotopic (exact) mass is 402 g/mol. The molecule has 1 aromatic heterocycles. The van der Waals surface area contributed by atoms with Gasteiger partial charge in [-0.3, -0.25) is 9.69 Å². The first-order valence-electron chi connectivity index (χ1n) is 8.97. The lowest BCUT2D eigenvalue weighted by Gasteiger charge is -2.36.